The first-order valence-corrected chi connectivity index (χ1v) is 10.0. The second-order valence-electron chi connectivity index (χ2n) is 7.97. The van der Waals surface area contributed by atoms with Crippen LogP contribution in [-0.4, -0.2) is 53.8 Å². The Balaban J connectivity index is 1.52. The zero-order valence-electron chi connectivity index (χ0n) is 16.3. The Morgan fingerprint density at radius 2 is 1.96 bits per heavy atom. The molecule has 6 heteroatoms. The molecule has 1 saturated heterocycles. The Labute approximate surface area is 156 Å². The quantitative estimate of drug-likeness (QED) is 0.698. The number of imidazole rings is 1. The van der Waals surface area contributed by atoms with E-state index in [1.807, 2.05) is 12.4 Å². The SMILES string of the molecule is COCCOCn1ccnc1C1CCN(C(=O)C2(C)CCCCC2)CC1. The summed E-state index contributed by atoms with van der Waals surface area (Å²) in [6, 6.07) is 0. The molecule has 1 amide bonds. The summed E-state index contributed by atoms with van der Waals surface area (Å²) >= 11 is 0. The topological polar surface area (TPSA) is 56.6 Å². The van der Waals surface area contributed by atoms with E-state index in [1.165, 1.54) is 19.3 Å². The van der Waals surface area contributed by atoms with Crippen LogP contribution in [0.1, 0.15) is 63.6 Å². The number of carbonyl (C=O) groups is 1. The van der Waals surface area contributed by atoms with Crippen LogP contribution in [0.4, 0.5) is 0 Å². The lowest BCUT2D eigenvalue weighted by Gasteiger charge is -2.40. The minimum atomic E-state index is -0.126. The number of piperidine rings is 1. The lowest BCUT2D eigenvalue weighted by atomic mass is 9.74. The number of aromatic nitrogens is 2. The van der Waals surface area contributed by atoms with Crippen molar-refractivity contribution in [2.75, 3.05) is 33.4 Å². The highest BCUT2D eigenvalue weighted by Gasteiger charge is 2.39. The Morgan fingerprint density at radius 3 is 2.65 bits per heavy atom. The highest BCUT2D eigenvalue weighted by molar-refractivity contribution is 5.82. The maximum Gasteiger partial charge on any atom is 0.228 e. The summed E-state index contributed by atoms with van der Waals surface area (Å²) in [4.78, 5) is 19.7. The molecule has 2 heterocycles. The first kappa shape index (κ1) is 19.4. The van der Waals surface area contributed by atoms with Crippen molar-refractivity contribution in [1.82, 2.24) is 14.5 Å². The molecule has 26 heavy (non-hydrogen) atoms. The van der Waals surface area contributed by atoms with Crippen molar-refractivity contribution < 1.29 is 14.3 Å². The molecule has 0 bridgehead atoms. The molecule has 0 N–H and O–H groups in total. The summed E-state index contributed by atoms with van der Waals surface area (Å²) in [5.74, 6) is 1.86. The average molecular weight is 364 g/mol. The van der Waals surface area contributed by atoms with Gasteiger partial charge in [-0.15, -0.1) is 0 Å². The molecule has 2 aliphatic rings. The molecule has 0 radical (unpaired) electrons. The van der Waals surface area contributed by atoms with E-state index in [4.69, 9.17) is 9.47 Å². The van der Waals surface area contributed by atoms with Gasteiger partial charge in [-0.25, -0.2) is 4.98 Å². The predicted molar refractivity (Wildman–Crippen MR) is 99.8 cm³/mol. The van der Waals surface area contributed by atoms with Crippen LogP contribution in [-0.2, 0) is 21.0 Å². The van der Waals surface area contributed by atoms with E-state index in [-0.39, 0.29) is 5.41 Å². The standard InChI is InChI=1S/C20H33N3O3/c1-20(8-4-3-5-9-20)19(24)22-11-6-17(7-12-22)18-21-10-13-23(18)16-26-15-14-25-2/h10,13,17H,3-9,11-12,14-16H2,1-2H3. The lowest BCUT2D eigenvalue weighted by molar-refractivity contribution is -0.144. The van der Waals surface area contributed by atoms with Crippen LogP contribution in [0.2, 0.25) is 0 Å². The number of amides is 1. The molecular formula is C20H33N3O3. The van der Waals surface area contributed by atoms with Crippen molar-refractivity contribution in [3.8, 4) is 0 Å². The minimum Gasteiger partial charge on any atom is -0.382 e. The number of hydrogen-bond donors (Lipinski definition) is 0. The minimum absolute atomic E-state index is 0.126. The molecule has 1 aliphatic carbocycles. The van der Waals surface area contributed by atoms with Gasteiger partial charge in [-0.2, -0.15) is 0 Å². The fraction of sp³-hybridized carbons (Fsp3) is 0.800. The van der Waals surface area contributed by atoms with Crippen molar-refractivity contribution in [2.45, 2.75) is 64.5 Å². The highest BCUT2D eigenvalue weighted by Crippen LogP contribution is 2.39. The van der Waals surface area contributed by atoms with Gasteiger partial charge in [-0.05, 0) is 25.7 Å². The molecule has 0 spiro atoms. The van der Waals surface area contributed by atoms with E-state index in [2.05, 4.69) is 21.4 Å². The third kappa shape index (κ3) is 4.46. The molecule has 1 aromatic heterocycles. The van der Waals surface area contributed by atoms with Crippen LogP contribution in [0.3, 0.4) is 0 Å². The third-order valence-corrected chi connectivity index (χ3v) is 6.03. The number of likely N-dealkylation sites (tertiary alicyclic amines) is 1. The van der Waals surface area contributed by atoms with Crippen molar-refractivity contribution in [3.05, 3.63) is 18.2 Å². The lowest BCUT2D eigenvalue weighted by Crippen LogP contribution is -2.46. The smallest absolute Gasteiger partial charge is 0.228 e. The summed E-state index contributed by atoms with van der Waals surface area (Å²) in [5, 5.41) is 0. The molecule has 1 saturated carbocycles. The third-order valence-electron chi connectivity index (χ3n) is 6.03. The van der Waals surface area contributed by atoms with E-state index in [0.29, 0.717) is 31.8 Å². The molecule has 146 valence electrons. The van der Waals surface area contributed by atoms with Gasteiger partial charge in [0.2, 0.25) is 5.91 Å². The maximum atomic E-state index is 13.0. The summed E-state index contributed by atoms with van der Waals surface area (Å²) < 4.78 is 12.7. The zero-order chi connectivity index (χ0) is 18.4. The number of ether oxygens (including phenoxy) is 2. The Bertz CT molecular complexity index is 573. The number of rotatable bonds is 7. The Hall–Kier alpha value is -1.40. The van der Waals surface area contributed by atoms with Crippen LogP contribution in [0.5, 0.6) is 0 Å². The van der Waals surface area contributed by atoms with Gasteiger partial charge < -0.3 is 18.9 Å². The first-order chi connectivity index (χ1) is 12.6. The van der Waals surface area contributed by atoms with E-state index >= 15 is 0 Å². The molecule has 0 unspecified atom stereocenters. The van der Waals surface area contributed by atoms with Gasteiger partial charge in [-0.3, -0.25) is 4.79 Å². The summed E-state index contributed by atoms with van der Waals surface area (Å²) in [6.45, 7) is 5.55. The van der Waals surface area contributed by atoms with Crippen LogP contribution in [0.15, 0.2) is 12.4 Å². The second-order valence-corrected chi connectivity index (χ2v) is 7.97. The van der Waals surface area contributed by atoms with Crippen LogP contribution in [0.25, 0.3) is 0 Å². The number of hydrogen-bond acceptors (Lipinski definition) is 4. The van der Waals surface area contributed by atoms with E-state index in [0.717, 1.165) is 44.6 Å². The van der Waals surface area contributed by atoms with Crippen LogP contribution in [0, 0.1) is 5.41 Å². The van der Waals surface area contributed by atoms with Crippen molar-refractivity contribution in [3.63, 3.8) is 0 Å². The second kappa shape index (κ2) is 9.00. The fourth-order valence-electron chi connectivity index (χ4n) is 4.36. The van der Waals surface area contributed by atoms with Gasteiger partial charge in [0.25, 0.3) is 0 Å². The maximum absolute atomic E-state index is 13.0. The Kier molecular flexibility index (Phi) is 6.70. The fourth-order valence-corrected chi connectivity index (χ4v) is 4.36. The molecular weight excluding hydrogens is 330 g/mol. The average Bonchev–Trinajstić information content (AvgIpc) is 3.14. The normalized spacial score (nSPS) is 21.1. The van der Waals surface area contributed by atoms with Gasteiger partial charge in [0.05, 0.1) is 13.2 Å². The molecule has 0 atom stereocenters. The van der Waals surface area contributed by atoms with E-state index in [1.54, 1.807) is 7.11 Å². The van der Waals surface area contributed by atoms with Gasteiger partial charge in [0, 0.05) is 43.9 Å². The van der Waals surface area contributed by atoms with Crippen LogP contribution >= 0.6 is 0 Å². The summed E-state index contributed by atoms with van der Waals surface area (Å²) in [6.07, 6.45) is 11.6. The molecule has 1 aliphatic heterocycles. The number of nitrogens with zero attached hydrogens (tertiary/aromatic N) is 3. The van der Waals surface area contributed by atoms with Gasteiger partial charge in [0.1, 0.15) is 12.6 Å². The predicted octanol–water partition coefficient (Wildman–Crippen LogP) is 3.18. The van der Waals surface area contributed by atoms with Crippen LogP contribution < -0.4 is 0 Å². The molecule has 6 nitrogen and oxygen atoms in total. The van der Waals surface area contributed by atoms with Gasteiger partial charge in [0.15, 0.2) is 0 Å². The van der Waals surface area contributed by atoms with E-state index < -0.39 is 0 Å². The molecule has 3 rings (SSSR count). The summed E-state index contributed by atoms with van der Waals surface area (Å²) in [5.41, 5.74) is -0.126. The zero-order valence-corrected chi connectivity index (χ0v) is 16.3. The Morgan fingerprint density at radius 1 is 1.23 bits per heavy atom. The molecule has 2 fully saturated rings. The van der Waals surface area contributed by atoms with Crippen molar-refractivity contribution in [1.29, 1.82) is 0 Å². The highest BCUT2D eigenvalue weighted by atomic mass is 16.5. The molecule has 1 aromatic rings. The number of carbonyl (C=O) groups excluding carboxylic acids is 1. The van der Waals surface area contributed by atoms with Gasteiger partial charge >= 0.3 is 0 Å². The van der Waals surface area contributed by atoms with E-state index in [9.17, 15) is 4.79 Å². The first-order valence-electron chi connectivity index (χ1n) is 10.0. The molecule has 0 aromatic carbocycles. The monoisotopic (exact) mass is 363 g/mol. The largest absolute Gasteiger partial charge is 0.382 e. The van der Waals surface area contributed by atoms with Crippen molar-refractivity contribution in [2.24, 2.45) is 5.41 Å². The number of methoxy groups -OCH3 is 1. The van der Waals surface area contributed by atoms with Crippen molar-refractivity contribution >= 4 is 5.91 Å². The summed E-state index contributed by atoms with van der Waals surface area (Å²) in [7, 11) is 1.68. The van der Waals surface area contributed by atoms with Gasteiger partial charge in [-0.1, -0.05) is 26.2 Å².